The van der Waals surface area contributed by atoms with Crippen LogP contribution in [0.4, 0.5) is 32.0 Å². The molecule has 0 radical (unpaired) electrons. The van der Waals surface area contributed by atoms with Crippen LogP contribution in [0, 0.1) is 11.8 Å². The van der Waals surface area contributed by atoms with Crippen LogP contribution in [-0.4, -0.2) is 91.7 Å². The van der Waals surface area contributed by atoms with E-state index < -0.39 is 41.0 Å². The minimum Gasteiger partial charge on any atom is -0.388 e. The van der Waals surface area contributed by atoms with Crippen molar-refractivity contribution in [1.82, 2.24) is 14.7 Å². The van der Waals surface area contributed by atoms with Gasteiger partial charge in [0.05, 0.1) is 37.4 Å². The lowest BCUT2D eigenvalue weighted by Crippen LogP contribution is -2.56. The predicted molar refractivity (Wildman–Crippen MR) is 152 cm³/mol. The van der Waals surface area contributed by atoms with Gasteiger partial charge in [0.1, 0.15) is 0 Å². The molecule has 1 atom stereocenters. The molecular formula is C31H36F6N4O2. The highest BCUT2D eigenvalue weighted by atomic mass is 19.4. The van der Waals surface area contributed by atoms with Crippen molar-refractivity contribution in [3.63, 3.8) is 0 Å². The lowest BCUT2D eigenvalue weighted by atomic mass is 9.98. The number of benzene rings is 2. The Morgan fingerprint density at radius 1 is 0.977 bits per heavy atom. The summed E-state index contributed by atoms with van der Waals surface area (Å²) in [6.45, 7) is 8.10. The van der Waals surface area contributed by atoms with Crippen LogP contribution in [0.25, 0.3) is 0 Å². The quantitative estimate of drug-likeness (QED) is 0.358. The molecule has 0 aliphatic carbocycles. The van der Waals surface area contributed by atoms with Gasteiger partial charge in [-0.05, 0) is 56.2 Å². The molecule has 4 rings (SSSR count). The minimum absolute atomic E-state index is 0.0339. The molecule has 0 spiro atoms. The fraction of sp³-hybridized carbons (Fsp3) is 0.516. The molecule has 0 saturated carbocycles. The molecule has 2 aliphatic heterocycles. The molecule has 2 saturated heterocycles. The molecule has 2 aromatic carbocycles. The number of alkyl halides is 6. The fourth-order valence-electron chi connectivity index (χ4n) is 5.38. The van der Waals surface area contributed by atoms with Crippen molar-refractivity contribution in [1.29, 1.82) is 0 Å². The normalized spacial score (nSPS) is 19.9. The van der Waals surface area contributed by atoms with Crippen LogP contribution >= 0.6 is 0 Å². The largest absolute Gasteiger partial charge is 0.416 e. The summed E-state index contributed by atoms with van der Waals surface area (Å²) in [6, 6.07) is 8.02. The smallest absolute Gasteiger partial charge is 0.388 e. The van der Waals surface area contributed by atoms with Crippen LogP contribution < -0.4 is 5.32 Å². The highest BCUT2D eigenvalue weighted by Crippen LogP contribution is 2.37. The Bertz CT molecular complexity index is 1320. The van der Waals surface area contributed by atoms with Crippen LogP contribution in [-0.2, 0) is 23.5 Å². The fourth-order valence-corrected chi connectivity index (χ4v) is 5.38. The Kier molecular flexibility index (Phi) is 9.99. The molecule has 1 amide bonds. The number of nitrogens with one attached hydrogen (secondary N) is 1. The third kappa shape index (κ3) is 8.43. The Morgan fingerprint density at radius 2 is 1.65 bits per heavy atom. The van der Waals surface area contributed by atoms with Crippen molar-refractivity contribution in [2.45, 2.75) is 44.2 Å². The molecule has 1 unspecified atom stereocenters. The van der Waals surface area contributed by atoms with Crippen molar-refractivity contribution in [2.24, 2.45) is 0 Å². The number of nitrogens with zero attached hydrogens (tertiary/aromatic N) is 3. The number of morpholine rings is 1. The van der Waals surface area contributed by atoms with E-state index in [4.69, 9.17) is 4.74 Å². The maximum absolute atomic E-state index is 13.6. The first-order valence-electron chi connectivity index (χ1n) is 14.1. The second-order valence-corrected chi connectivity index (χ2v) is 11.5. The van der Waals surface area contributed by atoms with E-state index in [0.717, 1.165) is 17.8 Å². The number of halogens is 6. The summed E-state index contributed by atoms with van der Waals surface area (Å²) < 4.78 is 86.6. The number of hydrogen-bond donors (Lipinski definition) is 1. The van der Waals surface area contributed by atoms with Crippen LogP contribution in [0.15, 0.2) is 42.5 Å². The number of rotatable bonds is 6. The number of carbonyl (C=O) groups is 1. The highest BCUT2D eigenvalue weighted by Gasteiger charge is 2.39. The van der Waals surface area contributed by atoms with Crippen LogP contribution in [0.3, 0.4) is 0 Å². The minimum atomic E-state index is -5.04. The van der Waals surface area contributed by atoms with Crippen molar-refractivity contribution in [3.8, 4) is 11.8 Å². The molecule has 1 N–H and O–H groups in total. The molecular weight excluding hydrogens is 574 g/mol. The van der Waals surface area contributed by atoms with Gasteiger partial charge in [0.2, 0.25) is 0 Å². The van der Waals surface area contributed by atoms with E-state index in [0.29, 0.717) is 57.9 Å². The summed E-state index contributed by atoms with van der Waals surface area (Å²) >= 11 is 0. The van der Waals surface area contributed by atoms with Crippen molar-refractivity contribution >= 4 is 11.6 Å². The number of ether oxygens (including phenoxy) is 1. The lowest BCUT2D eigenvalue weighted by molar-refractivity contribution is -0.143. The molecule has 6 nitrogen and oxygen atoms in total. The predicted octanol–water partition coefficient (Wildman–Crippen LogP) is 5.25. The van der Waals surface area contributed by atoms with E-state index >= 15 is 0 Å². The monoisotopic (exact) mass is 610 g/mol. The molecule has 2 fully saturated rings. The summed E-state index contributed by atoms with van der Waals surface area (Å²) in [5.74, 6) is 5.54. The highest BCUT2D eigenvalue weighted by molar-refractivity contribution is 5.95. The summed E-state index contributed by atoms with van der Waals surface area (Å²) in [6.07, 6.45) is -9.73. The van der Waals surface area contributed by atoms with Crippen molar-refractivity contribution < 1.29 is 35.9 Å². The maximum atomic E-state index is 13.6. The standard InChI is InChI=1S/C31H36F6N4O2/c1-29(2)21-43-14-13-40(29)10-5-4-9-39-11-12-41(27(20-39)16-22-7-6-8-26(15-22)38-3)28(42)23-17-24(30(32,33)34)19-25(18-23)31(35,36)37/h6-8,15,17-19,27,38H,9-14,16,20-21H2,1-3H3. The number of anilines is 1. The second-order valence-electron chi connectivity index (χ2n) is 11.5. The summed E-state index contributed by atoms with van der Waals surface area (Å²) in [4.78, 5) is 19.3. The molecule has 0 aromatic heterocycles. The Balaban J connectivity index is 1.56. The third-order valence-corrected chi connectivity index (χ3v) is 7.86. The van der Waals surface area contributed by atoms with Gasteiger partial charge in [-0.15, -0.1) is 0 Å². The van der Waals surface area contributed by atoms with Crippen LogP contribution in [0.2, 0.25) is 0 Å². The van der Waals surface area contributed by atoms with E-state index in [-0.39, 0.29) is 18.2 Å². The zero-order valence-electron chi connectivity index (χ0n) is 24.4. The van der Waals surface area contributed by atoms with Crippen LogP contribution in [0.1, 0.15) is 40.9 Å². The first-order chi connectivity index (χ1) is 20.2. The second kappa shape index (κ2) is 13.2. The van der Waals surface area contributed by atoms with Crippen LogP contribution in [0.5, 0.6) is 0 Å². The van der Waals surface area contributed by atoms with Gasteiger partial charge >= 0.3 is 12.4 Å². The van der Waals surface area contributed by atoms with Gasteiger partial charge in [-0.3, -0.25) is 14.6 Å². The van der Waals surface area contributed by atoms with Crippen molar-refractivity contribution in [2.75, 3.05) is 64.8 Å². The Hall–Kier alpha value is -3.27. The van der Waals surface area contributed by atoms with Gasteiger partial charge in [-0.1, -0.05) is 24.0 Å². The number of piperazine rings is 1. The first-order valence-corrected chi connectivity index (χ1v) is 14.1. The van der Waals surface area contributed by atoms with Gasteiger partial charge in [0.25, 0.3) is 5.91 Å². The Labute approximate surface area is 248 Å². The molecule has 12 heteroatoms. The van der Waals surface area contributed by atoms with E-state index in [1.165, 1.54) is 4.90 Å². The molecule has 2 aromatic rings. The number of hydrogen-bond acceptors (Lipinski definition) is 5. The SMILES string of the molecule is CNc1cccc(CC2CN(CC#CCN3CCOCC3(C)C)CCN2C(=O)c2cc(C(F)(F)F)cc(C(F)(F)F)c2)c1. The van der Waals surface area contributed by atoms with E-state index in [9.17, 15) is 31.1 Å². The zero-order valence-corrected chi connectivity index (χ0v) is 24.4. The van der Waals surface area contributed by atoms with Crippen molar-refractivity contribution in [3.05, 3.63) is 64.7 Å². The topological polar surface area (TPSA) is 48.0 Å². The van der Waals surface area contributed by atoms with E-state index in [1.807, 2.05) is 24.3 Å². The molecule has 43 heavy (non-hydrogen) atoms. The zero-order chi connectivity index (χ0) is 31.4. The molecule has 234 valence electrons. The average Bonchev–Trinajstić information content (AvgIpc) is 2.94. The molecule has 0 bridgehead atoms. The average molecular weight is 611 g/mol. The van der Waals surface area contributed by atoms with Gasteiger partial charge in [0.15, 0.2) is 0 Å². The maximum Gasteiger partial charge on any atom is 0.416 e. The van der Waals surface area contributed by atoms with Gasteiger partial charge < -0.3 is 15.0 Å². The van der Waals surface area contributed by atoms with Gasteiger partial charge in [-0.25, -0.2) is 0 Å². The number of carbonyl (C=O) groups excluding carboxylic acids is 1. The first kappa shape index (κ1) is 32.6. The van der Waals surface area contributed by atoms with Gasteiger partial charge in [0, 0.05) is 56.1 Å². The molecule has 2 aliphatic rings. The van der Waals surface area contributed by atoms with E-state index in [1.54, 1.807) is 7.05 Å². The summed E-state index contributed by atoms with van der Waals surface area (Å²) in [5, 5.41) is 3.05. The number of amides is 1. The summed E-state index contributed by atoms with van der Waals surface area (Å²) in [5.41, 5.74) is -2.08. The molecule has 2 heterocycles. The third-order valence-electron chi connectivity index (χ3n) is 7.86. The van der Waals surface area contributed by atoms with Gasteiger partial charge in [-0.2, -0.15) is 26.3 Å². The van der Waals surface area contributed by atoms with E-state index in [2.05, 4.69) is 40.8 Å². The Morgan fingerprint density at radius 3 is 2.28 bits per heavy atom. The lowest BCUT2D eigenvalue weighted by Gasteiger charge is -2.41. The summed E-state index contributed by atoms with van der Waals surface area (Å²) in [7, 11) is 1.76.